The van der Waals surface area contributed by atoms with E-state index in [4.69, 9.17) is 0 Å². The third-order valence-electron chi connectivity index (χ3n) is 4.28. The number of aromatic nitrogens is 2. The molecule has 2 aromatic heterocycles. The van der Waals surface area contributed by atoms with Crippen molar-refractivity contribution >= 4 is 27.9 Å². The van der Waals surface area contributed by atoms with Gasteiger partial charge in [-0.15, -0.1) is 0 Å². The van der Waals surface area contributed by atoms with Gasteiger partial charge in [0.15, 0.2) is 0 Å². The Bertz CT molecular complexity index is 886. The molecule has 0 amide bonds. The standard InChI is InChI=1S/C17H21N5O2S/c1-12(2)20(3)11-14-7-5-4-6-13(14)10-18-15-16(22(23)24)21-8-9-25-17(21)19-15/h4-9,12,18H,10-11H2,1-3H3. The van der Waals surface area contributed by atoms with E-state index in [2.05, 4.69) is 42.2 Å². The van der Waals surface area contributed by atoms with Crippen molar-refractivity contribution in [2.75, 3.05) is 12.4 Å². The van der Waals surface area contributed by atoms with Gasteiger partial charge in [0.1, 0.15) is 6.20 Å². The summed E-state index contributed by atoms with van der Waals surface area (Å²) >= 11 is 1.38. The molecule has 3 aromatic rings. The third-order valence-corrected chi connectivity index (χ3v) is 5.03. The lowest BCUT2D eigenvalue weighted by atomic mass is 10.1. The minimum atomic E-state index is -0.395. The van der Waals surface area contributed by atoms with Crippen LogP contribution in [0, 0.1) is 10.1 Å². The second kappa shape index (κ2) is 7.20. The zero-order chi connectivity index (χ0) is 18.0. The van der Waals surface area contributed by atoms with Crippen molar-refractivity contribution in [2.24, 2.45) is 0 Å². The molecule has 0 aliphatic rings. The molecule has 0 radical (unpaired) electrons. The van der Waals surface area contributed by atoms with E-state index >= 15 is 0 Å². The Hall–Kier alpha value is -2.45. The van der Waals surface area contributed by atoms with Crippen molar-refractivity contribution in [3.05, 3.63) is 57.1 Å². The SMILES string of the molecule is CC(C)N(C)Cc1ccccc1CNc1nc2sccn2c1[N+](=O)[O-]. The highest BCUT2D eigenvalue weighted by Crippen LogP contribution is 2.28. The number of imidazole rings is 1. The van der Waals surface area contributed by atoms with Crippen LogP contribution < -0.4 is 5.32 Å². The number of fused-ring (bicyclic) bond motifs is 1. The molecule has 0 atom stereocenters. The average molecular weight is 359 g/mol. The van der Waals surface area contributed by atoms with Crippen LogP contribution in [0.3, 0.4) is 0 Å². The second-order valence-electron chi connectivity index (χ2n) is 6.23. The lowest BCUT2D eigenvalue weighted by Crippen LogP contribution is -2.26. The van der Waals surface area contributed by atoms with Gasteiger partial charge in [0.2, 0.25) is 5.82 Å². The highest BCUT2D eigenvalue weighted by atomic mass is 32.1. The summed E-state index contributed by atoms with van der Waals surface area (Å²) in [5.41, 5.74) is 2.32. The lowest BCUT2D eigenvalue weighted by molar-refractivity contribution is -0.389. The number of anilines is 1. The van der Waals surface area contributed by atoms with Gasteiger partial charge in [0.05, 0.1) is 0 Å². The number of thiazole rings is 1. The van der Waals surface area contributed by atoms with Crippen LogP contribution in [0.4, 0.5) is 11.6 Å². The minimum absolute atomic E-state index is 0.0203. The van der Waals surface area contributed by atoms with E-state index in [0.29, 0.717) is 23.4 Å². The molecule has 0 spiro atoms. The Morgan fingerprint density at radius 1 is 1.36 bits per heavy atom. The molecule has 0 aliphatic heterocycles. The monoisotopic (exact) mass is 359 g/mol. The number of rotatable bonds is 7. The predicted molar refractivity (Wildman–Crippen MR) is 100 cm³/mol. The summed E-state index contributed by atoms with van der Waals surface area (Å²) in [4.78, 5) is 18.2. The summed E-state index contributed by atoms with van der Waals surface area (Å²) in [5.74, 6) is 0.289. The fraction of sp³-hybridized carbons (Fsp3) is 0.353. The van der Waals surface area contributed by atoms with Crippen molar-refractivity contribution in [1.29, 1.82) is 0 Å². The fourth-order valence-corrected chi connectivity index (χ4v) is 3.29. The summed E-state index contributed by atoms with van der Waals surface area (Å²) in [5, 5.41) is 16.3. The molecule has 0 fully saturated rings. The summed E-state index contributed by atoms with van der Waals surface area (Å²) in [6.07, 6.45) is 1.67. The van der Waals surface area contributed by atoms with Gasteiger partial charge in [-0.25, -0.2) is 0 Å². The average Bonchev–Trinajstić information content (AvgIpc) is 3.13. The fourth-order valence-electron chi connectivity index (χ4n) is 2.58. The van der Waals surface area contributed by atoms with E-state index in [-0.39, 0.29) is 5.82 Å². The van der Waals surface area contributed by atoms with Crippen molar-refractivity contribution < 1.29 is 4.92 Å². The maximum Gasteiger partial charge on any atom is 0.372 e. The molecular weight excluding hydrogens is 338 g/mol. The number of hydrogen-bond acceptors (Lipinski definition) is 6. The molecule has 0 saturated heterocycles. The van der Waals surface area contributed by atoms with E-state index in [1.807, 2.05) is 18.2 Å². The molecule has 25 heavy (non-hydrogen) atoms. The van der Waals surface area contributed by atoms with Crippen molar-refractivity contribution in [2.45, 2.75) is 33.0 Å². The largest absolute Gasteiger partial charge is 0.372 e. The van der Waals surface area contributed by atoms with E-state index in [1.165, 1.54) is 21.3 Å². The van der Waals surface area contributed by atoms with Gasteiger partial charge in [-0.3, -0.25) is 4.90 Å². The first-order valence-electron chi connectivity index (χ1n) is 8.08. The normalized spacial score (nSPS) is 11.6. The lowest BCUT2D eigenvalue weighted by Gasteiger charge is -2.22. The highest BCUT2D eigenvalue weighted by molar-refractivity contribution is 7.15. The Balaban J connectivity index is 1.82. The summed E-state index contributed by atoms with van der Waals surface area (Å²) in [7, 11) is 2.09. The zero-order valence-electron chi connectivity index (χ0n) is 14.5. The van der Waals surface area contributed by atoms with Crippen molar-refractivity contribution in [1.82, 2.24) is 14.3 Å². The van der Waals surface area contributed by atoms with Gasteiger partial charge in [0.25, 0.3) is 4.96 Å². The van der Waals surface area contributed by atoms with Crippen LogP contribution in [0.1, 0.15) is 25.0 Å². The quantitative estimate of drug-likeness (QED) is 0.513. The van der Waals surface area contributed by atoms with E-state index in [1.54, 1.807) is 11.6 Å². The molecule has 1 aromatic carbocycles. The summed E-state index contributed by atoms with van der Waals surface area (Å²) in [6, 6.07) is 8.58. The van der Waals surface area contributed by atoms with Crippen LogP contribution in [-0.2, 0) is 13.1 Å². The summed E-state index contributed by atoms with van der Waals surface area (Å²) in [6.45, 7) is 5.63. The Morgan fingerprint density at radius 2 is 2.08 bits per heavy atom. The van der Waals surface area contributed by atoms with Crippen LogP contribution in [-0.4, -0.2) is 32.3 Å². The zero-order valence-corrected chi connectivity index (χ0v) is 15.3. The van der Waals surface area contributed by atoms with Gasteiger partial charge in [-0.05, 0) is 36.9 Å². The number of hydrogen-bond donors (Lipinski definition) is 1. The first kappa shape index (κ1) is 17.4. The van der Waals surface area contributed by atoms with E-state index < -0.39 is 4.92 Å². The van der Waals surface area contributed by atoms with Gasteiger partial charge in [-0.1, -0.05) is 35.6 Å². The van der Waals surface area contributed by atoms with Crippen LogP contribution in [0.15, 0.2) is 35.8 Å². The van der Waals surface area contributed by atoms with Crippen LogP contribution >= 0.6 is 11.3 Å². The molecular formula is C17H21N5O2S. The molecule has 132 valence electrons. The maximum absolute atomic E-state index is 11.4. The van der Waals surface area contributed by atoms with Gasteiger partial charge < -0.3 is 15.4 Å². The maximum atomic E-state index is 11.4. The topological polar surface area (TPSA) is 75.7 Å². The first-order chi connectivity index (χ1) is 12.0. The smallest absolute Gasteiger partial charge is 0.359 e. The number of nitrogens with zero attached hydrogens (tertiary/aromatic N) is 4. The molecule has 8 heteroatoms. The molecule has 2 heterocycles. The molecule has 0 bridgehead atoms. The number of nitrogens with one attached hydrogen (secondary N) is 1. The van der Waals surface area contributed by atoms with Crippen molar-refractivity contribution in [3.63, 3.8) is 0 Å². The minimum Gasteiger partial charge on any atom is -0.359 e. The summed E-state index contributed by atoms with van der Waals surface area (Å²) < 4.78 is 1.51. The molecule has 0 unspecified atom stereocenters. The van der Waals surface area contributed by atoms with Crippen LogP contribution in [0.2, 0.25) is 0 Å². The Morgan fingerprint density at radius 3 is 2.76 bits per heavy atom. The van der Waals surface area contributed by atoms with Gasteiger partial charge in [-0.2, -0.15) is 9.38 Å². The molecule has 1 N–H and O–H groups in total. The highest BCUT2D eigenvalue weighted by Gasteiger charge is 2.23. The predicted octanol–water partition coefficient (Wildman–Crippen LogP) is 3.76. The number of benzene rings is 1. The molecule has 7 nitrogen and oxygen atoms in total. The van der Waals surface area contributed by atoms with Crippen LogP contribution in [0.5, 0.6) is 0 Å². The van der Waals surface area contributed by atoms with Gasteiger partial charge >= 0.3 is 5.82 Å². The molecule has 3 rings (SSSR count). The molecule has 0 aliphatic carbocycles. The Kier molecular flexibility index (Phi) is 5.00. The second-order valence-corrected chi connectivity index (χ2v) is 7.10. The Labute approximate surface area is 150 Å². The third kappa shape index (κ3) is 3.64. The number of nitro groups is 1. The van der Waals surface area contributed by atoms with Gasteiger partial charge in [0, 0.05) is 24.5 Å². The van der Waals surface area contributed by atoms with E-state index in [0.717, 1.165) is 12.1 Å². The van der Waals surface area contributed by atoms with Crippen LogP contribution in [0.25, 0.3) is 4.96 Å². The molecule has 0 saturated carbocycles. The van der Waals surface area contributed by atoms with E-state index in [9.17, 15) is 10.1 Å². The first-order valence-corrected chi connectivity index (χ1v) is 8.96. The van der Waals surface area contributed by atoms with Crippen molar-refractivity contribution in [3.8, 4) is 0 Å².